The van der Waals surface area contributed by atoms with Crippen molar-refractivity contribution < 1.29 is 8.91 Å². The van der Waals surface area contributed by atoms with E-state index in [1.54, 1.807) is 55.8 Å². The van der Waals surface area contributed by atoms with Gasteiger partial charge in [-0.15, -0.1) is 0 Å². The van der Waals surface area contributed by atoms with Crippen molar-refractivity contribution in [2.75, 3.05) is 0 Å². The van der Waals surface area contributed by atoms with E-state index >= 15 is 0 Å². The Bertz CT molecular complexity index is 1210. The van der Waals surface area contributed by atoms with E-state index in [9.17, 15) is 9.18 Å². The van der Waals surface area contributed by atoms with Crippen molar-refractivity contribution in [3.63, 3.8) is 0 Å². The molecule has 0 fully saturated rings. The fraction of sp³-hybridized carbons (Fsp3) is 0.158. The minimum atomic E-state index is -0.325. The van der Waals surface area contributed by atoms with Gasteiger partial charge in [0.05, 0.1) is 11.0 Å². The van der Waals surface area contributed by atoms with Gasteiger partial charge in [0.1, 0.15) is 11.5 Å². The van der Waals surface area contributed by atoms with Gasteiger partial charge in [-0.25, -0.2) is 9.37 Å². The van der Waals surface area contributed by atoms with Crippen molar-refractivity contribution in [2.45, 2.75) is 13.8 Å². The number of nitrogens with zero attached hydrogens (tertiary/aromatic N) is 4. The van der Waals surface area contributed by atoms with Crippen LogP contribution in [0.25, 0.3) is 33.9 Å². The van der Waals surface area contributed by atoms with Crippen LogP contribution in [-0.4, -0.2) is 19.7 Å². The number of aromatic nitrogens is 4. The van der Waals surface area contributed by atoms with Gasteiger partial charge in [0.25, 0.3) is 11.4 Å². The Morgan fingerprint density at radius 3 is 2.58 bits per heavy atom. The predicted octanol–water partition coefficient (Wildman–Crippen LogP) is 3.41. The summed E-state index contributed by atoms with van der Waals surface area (Å²) in [7, 11) is 1.71. The largest absolute Gasteiger partial charge is 0.334 e. The normalized spacial score (nSPS) is 11.2. The van der Waals surface area contributed by atoms with E-state index in [0.29, 0.717) is 39.2 Å². The molecule has 0 saturated carbocycles. The topological polar surface area (TPSA) is 73.8 Å². The van der Waals surface area contributed by atoms with Gasteiger partial charge in [-0.1, -0.05) is 11.2 Å². The second kappa shape index (κ2) is 5.87. The SMILES string of the molecule is Cc1ccc(-c2nc(-c3ccc4c(c3)nc(C)c(=O)n4C)no2)cc1F. The van der Waals surface area contributed by atoms with E-state index in [1.807, 2.05) is 0 Å². The van der Waals surface area contributed by atoms with Crippen LogP contribution in [-0.2, 0) is 7.05 Å². The summed E-state index contributed by atoms with van der Waals surface area (Å²) in [6, 6.07) is 10.2. The van der Waals surface area contributed by atoms with Crippen LogP contribution in [0.4, 0.5) is 4.39 Å². The molecule has 0 spiro atoms. The zero-order chi connectivity index (χ0) is 18.4. The minimum absolute atomic E-state index is 0.131. The predicted molar refractivity (Wildman–Crippen MR) is 95.1 cm³/mol. The van der Waals surface area contributed by atoms with Crippen molar-refractivity contribution in [3.05, 3.63) is 63.8 Å². The Morgan fingerprint density at radius 2 is 1.81 bits per heavy atom. The zero-order valence-electron chi connectivity index (χ0n) is 14.4. The van der Waals surface area contributed by atoms with E-state index in [4.69, 9.17) is 4.52 Å². The average Bonchev–Trinajstić information content (AvgIpc) is 3.12. The Kier molecular flexibility index (Phi) is 3.64. The van der Waals surface area contributed by atoms with E-state index in [-0.39, 0.29) is 17.3 Å². The standard InChI is InChI=1S/C19H15FN4O2/c1-10-4-5-13(8-14(10)20)18-22-17(23-26-18)12-6-7-16-15(9-12)21-11(2)19(25)24(16)3/h4-9H,1-3H3. The van der Waals surface area contributed by atoms with Crippen LogP contribution in [0.1, 0.15) is 11.3 Å². The quantitative estimate of drug-likeness (QED) is 0.554. The van der Waals surface area contributed by atoms with Crippen LogP contribution in [0.3, 0.4) is 0 Å². The zero-order valence-corrected chi connectivity index (χ0v) is 14.4. The molecule has 130 valence electrons. The summed E-state index contributed by atoms with van der Waals surface area (Å²) >= 11 is 0. The molecule has 0 bridgehead atoms. The monoisotopic (exact) mass is 350 g/mol. The maximum Gasteiger partial charge on any atom is 0.272 e. The number of aryl methyl sites for hydroxylation is 3. The summed E-state index contributed by atoms with van der Waals surface area (Å²) in [5.74, 6) is 0.285. The van der Waals surface area contributed by atoms with Gasteiger partial charge in [-0.05, 0) is 49.7 Å². The van der Waals surface area contributed by atoms with Crippen molar-refractivity contribution in [1.29, 1.82) is 0 Å². The van der Waals surface area contributed by atoms with Gasteiger partial charge in [0, 0.05) is 18.2 Å². The summed E-state index contributed by atoms with van der Waals surface area (Å²) in [5.41, 5.74) is 3.43. The third-order valence-electron chi connectivity index (χ3n) is 4.34. The van der Waals surface area contributed by atoms with Crippen LogP contribution in [0.2, 0.25) is 0 Å². The molecule has 0 amide bonds. The third kappa shape index (κ3) is 2.57. The molecule has 6 nitrogen and oxygen atoms in total. The third-order valence-corrected chi connectivity index (χ3v) is 4.34. The second-order valence-electron chi connectivity index (χ2n) is 6.15. The van der Waals surface area contributed by atoms with Gasteiger partial charge in [0.2, 0.25) is 5.82 Å². The molecule has 0 radical (unpaired) electrons. The number of halogens is 1. The highest BCUT2D eigenvalue weighted by Crippen LogP contribution is 2.25. The van der Waals surface area contributed by atoms with E-state index in [1.165, 1.54) is 6.07 Å². The first kappa shape index (κ1) is 16.1. The molecular weight excluding hydrogens is 335 g/mol. The van der Waals surface area contributed by atoms with Crippen molar-refractivity contribution >= 4 is 11.0 Å². The molecule has 4 aromatic rings. The van der Waals surface area contributed by atoms with Crippen LogP contribution < -0.4 is 5.56 Å². The molecular formula is C19H15FN4O2. The molecule has 2 aromatic heterocycles. The lowest BCUT2D eigenvalue weighted by molar-refractivity contribution is 0.432. The maximum absolute atomic E-state index is 13.8. The molecule has 0 N–H and O–H groups in total. The molecule has 0 saturated heterocycles. The first-order valence-electron chi connectivity index (χ1n) is 8.02. The van der Waals surface area contributed by atoms with E-state index in [0.717, 1.165) is 0 Å². The van der Waals surface area contributed by atoms with Gasteiger partial charge >= 0.3 is 0 Å². The summed E-state index contributed by atoms with van der Waals surface area (Å²) in [6.07, 6.45) is 0. The first-order chi connectivity index (χ1) is 12.4. The fourth-order valence-corrected chi connectivity index (χ4v) is 2.80. The lowest BCUT2D eigenvalue weighted by atomic mass is 10.1. The Labute approximate surface area is 147 Å². The second-order valence-corrected chi connectivity index (χ2v) is 6.15. The molecule has 0 aliphatic rings. The van der Waals surface area contributed by atoms with E-state index < -0.39 is 0 Å². The molecule has 2 heterocycles. The summed E-state index contributed by atoms with van der Waals surface area (Å²) in [5, 5.41) is 3.98. The lowest BCUT2D eigenvalue weighted by Gasteiger charge is -2.06. The van der Waals surface area contributed by atoms with Crippen LogP contribution in [0, 0.1) is 19.7 Å². The highest BCUT2D eigenvalue weighted by molar-refractivity contribution is 5.80. The van der Waals surface area contributed by atoms with Crippen molar-refractivity contribution in [3.8, 4) is 22.8 Å². The maximum atomic E-state index is 13.8. The van der Waals surface area contributed by atoms with Gasteiger partial charge in [-0.2, -0.15) is 4.98 Å². The molecule has 0 atom stereocenters. The van der Waals surface area contributed by atoms with Gasteiger partial charge in [0.15, 0.2) is 0 Å². The Morgan fingerprint density at radius 1 is 1.04 bits per heavy atom. The fourth-order valence-electron chi connectivity index (χ4n) is 2.80. The lowest BCUT2D eigenvalue weighted by Crippen LogP contribution is -2.20. The van der Waals surface area contributed by atoms with Crippen LogP contribution in [0.15, 0.2) is 45.7 Å². The summed E-state index contributed by atoms with van der Waals surface area (Å²) in [6.45, 7) is 3.36. The molecule has 0 aliphatic heterocycles. The molecule has 0 aliphatic carbocycles. The first-order valence-corrected chi connectivity index (χ1v) is 8.02. The number of rotatable bonds is 2. The molecule has 2 aromatic carbocycles. The summed E-state index contributed by atoms with van der Waals surface area (Å²) < 4.78 is 20.6. The van der Waals surface area contributed by atoms with Crippen LogP contribution in [0.5, 0.6) is 0 Å². The minimum Gasteiger partial charge on any atom is -0.334 e. The number of fused-ring (bicyclic) bond motifs is 1. The molecule has 0 unspecified atom stereocenters. The van der Waals surface area contributed by atoms with Crippen molar-refractivity contribution in [2.24, 2.45) is 7.05 Å². The highest BCUT2D eigenvalue weighted by atomic mass is 19.1. The highest BCUT2D eigenvalue weighted by Gasteiger charge is 2.14. The van der Waals surface area contributed by atoms with Crippen molar-refractivity contribution in [1.82, 2.24) is 19.7 Å². The average molecular weight is 350 g/mol. The number of hydrogen-bond donors (Lipinski definition) is 0. The Hall–Kier alpha value is -3.35. The molecule has 7 heteroatoms. The van der Waals surface area contributed by atoms with Crippen LogP contribution >= 0.6 is 0 Å². The number of hydrogen-bond acceptors (Lipinski definition) is 5. The molecule has 26 heavy (non-hydrogen) atoms. The summed E-state index contributed by atoms with van der Waals surface area (Å²) in [4.78, 5) is 20.7. The van der Waals surface area contributed by atoms with Gasteiger partial charge in [-0.3, -0.25) is 4.79 Å². The molecule has 4 rings (SSSR count). The Balaban J connectivity index is 1.79. The number of benzene rings is 2. The van der Waals surface area contributed by atoms with E-state index in [2.05, 4.69) is 15.1 Å². The smallest absolute Gasteiger partial charge is 0.272 e. The van der Waals surface area contributed by atoms with Gasteiger partial charge < -0.3 is 9.09 Å².